The number of amides is 2. The first-order valence-corrected chi connectivity index (χ1v) is 10.8. The van der Waals surface area contributed by atoms with Crippen molar-refractivity contribution in [1.82, 2.24) is 0 Å². The van der Waals surface area contributed by atoms with Gasteiger partial charge in [-0.3, -0.25) is 9.59 Å². The van der Waals surface area contributed by atoms with Crippen molar-refractivity contribution in [2.75, 3.05) is 22.5 Å². The van der Waals surface area contributed by atoms with Crippen LogP contribution in [0.5, 0.6) is 0 Å². The van der Waals surface area contributed by atoms with Gasteiger partial charge in [0.1, 0.15) is 0 Å². The maximum absolute atomic E-state index is 12.6. The van der Waals surface area contributed by atoms with Crippen LogP contribution in [-0.2, 0) is 17.0 Å². The summed E-state index contributed by atoms with van der Waals surface area (Å²) in [6.45, 7) is 0.768. The van der Waals surface area contributed by atoms with E-state index < -0.39 is 0 Å². The minimum atomic E-state index is -0.127. The van der Waals surface area contributed by atoms with Gasteiger partial charge in [0.25, 0.3) is 5.91 Å². The highest BCUT2D eigenvalue weighted by atomic mass is 32.2. The highest BCUT2D eigenvalue weighted by molar-refractivity contribution is 7.99. The molecule has 1 aliphatic rings. The smallest absolute Gasteiger partial charge is 0.255 e. The van der Waals surface area contributed by atoms with Crippen LogP contribution in [0.1, 0.15) is 21.5 Å². The molecule has 0 saturated carbocycles. The Morgan fingerprint density at radius 2 is 1.62 bits per heavy atom. The summed E-state index contributed by atoms with van der Waals surface area (Å²) in [6, 6.07) is 25.1. The monoisotopic (exact) mass is 402 g/mol. The van der Waals surface area contributed by atoms with E-state index in [4.69, 9.17) is 0 Å². The van der Waals surface area contributed by atoms with Crippen LogP contribution in [0.3, 0.4) is 0 Å². The molecule has 0 radical (unpaired) electrons. The summed E-state index contributed by atoms with van der Waals surface area (Å²) in [5, 5.41) is 2.88. The second-order valence-corrected chi connectivity index (χ2v) is 7.92. The average Bonchev–Trinajstić information content (AvgIpc) is 3.19. The molecule has 146 valence electrons. The Balaban J connectivity index is 1.27. The molecule has 2 amide bonds. The molecule has 0 fully saturated rings. The topological polar surface area (TPSA) is 49.4 Å². The minimum absolute atomic E-state index is 0.127. The van der Waals surface area contributed by atoms with Gasteiger partial charge in [0.2, 0.25) is 5.91 Å². The fraction of sp³-hybridized carbons (Fsp3) is 0.167. The van der Waals surface area contributed by atoms with Crippen LogP contribution >= 0.6 is 11.8 Å². The number of hydrogen-bond acceptors (Lipinski definition) is 3. The number of carbonyl (C=O) groups is 2. The lowest BCUT2D eigenvalue weighted by atomic mass is 10.1. The third kappa shape index (κ3) is 4.69. The van der Waals surface area contributed by atoms with E-state index in [-0.39, 0.29) is 11.8 Å². The normalized spacial score (nSPS) is 12.5. The fourth-order valence-corrected chi connectivity index (χ4v) is 4.27. The van der Waals surface area contributed by atoms with Crippen molar-refractivity contribution in [3.05, 3.63) is 95.6 Å². The number of anilines is 2. The van der Waals surface area contributed by atoms with Gasteiger partial charge < -0.3 is 10.2 Å². The first-order chi connectivity index (χ1) is 14.2. The molecule has 3 aromatic rings. The predicted octanol–water partition coefficient (Wildman–Crippen LogP) is 4.76. The Bertz CT molecular complexity index is 1000. The number of hydrogen-bond donors (Lipinski definition) is 1. The van der Waals surface area contributed by atoms with E-state index in [0.717, 1.165) is 35.7 Å². The summed E-state index contributed by atoms with van der Waals surface area (Å²) in [6.07, 6.45) is 0.930. The van der Waals surface area contributed by atoms with Gasteiger partial charge in [0.05, 0.1) is 5.75 Å². The van der Waals surface area contributed by atoms with Gasteiger partial charge in [-0.15, -0.1) is 11.8 Å². The molecule has 0 aromatic heterocycles. The molecule has 0 aliphatic carbocycles. The van der Waals surface area contributed by atoms with Crippen molar-refractivity contribution in [1.29, 1.82) is 0 Å². The highest BCUT2D eigenvalue weighted by Gasteiger charge is 2.23. The number of carbonyl (C=O) groups excluding carboxylic acids is 2. The molecule has 4 nitrogen and oxygen atoms in total. The quantitative estimate of drug-likeness (QED) is 0.647. The Labute approximate surface area is 174 Å². The molecule has 0 atom stereocenters. The van der Waals surface area contributed by atoms with Crippen molar-refractivity contribution in [2.45, 2.75) is 12.2 Å². The zero-order valence-corrected chi connectivity index (χ0v) is 16.8. The number of nitrogens with one attached hydrogen (secondary N) is 1. The lowest BCUT2D eigenvalue weighted by Gasteiger charge is -2.17. The molecular formula is C24H22N2O2S. The molecule has 4 rings (SSSR count). The number of para-hydroxylation sites is 2. The first kappa shape index (κ1) is 19.3. The summed E-state index contributed by atoms with van der Waals surface area (Å²) in [5.41, 5.74) is 4.79. The number of rotatable bonds is 6. The van der Waals surface area contributed by atoms with Gasteiger partial charge in [0, 0.05) is 29.2 Å². The maximum Gasteiger partial charge on any atom is 0.255 e. The molecular weight excluding hydrogens is 380 g/mol. The van der Waals surface area contributed by atoms with Gasteiger partial charge in [-0.05, 0) is 47.9 Å². The standard InChI is InChI=1S/C24H22N2O2S/c27-23(26-15-14-19-6-4-5-9-22(19)26)17-29-16-18-10-12-20(13-11-18)24(28)25-21-7-2-1-3-8-21/h1-13H,14-17H2,(H,25,28). The van der Waals surface area contributed by atoms with Crippen LogP contribution in [-0.4, -0.2) is 24.1 Å². The minimum Gasteiger partial charge on any atom is -0.322 e. The second-order valence-electron chi connectivity index (χ2n) is 6.93. The molecule has 3 aromatic carbocycles. The SMILES string of the molecule is O=C(Nc1ccccc1)c1ccc(CSCC(=O)N2CCc3ccccc32)cc1. The fourth-order valence-electron chi connectivity index (χ4n) is 3.41. The Kier molecular flexibility index (Phi) is 5.96. The van der Waals surface area contributed by atoms with Crippen molar-refractivity contribution < 1.29 is 9.59 Å². The predicted molar refractivity (Wildman–Crippen MR) is 119 cm³/mol. The van der Waals surface area contributed by atoms with Crippen molar-refractivity contribution >= 4 is 35.0 Å². The second kappa shape index (κ2) is 8.97. The largest absolute Gasteiger partial charge is 0.322 e. The van der Waals surface area contributed by atoms with Crippen LogP contribution in [0, 0.1) is 0 Å². The highest BCUT2D eigenvalue weighted by Crippen LogP contribution is 2.28. The van der Waals surface area contributed by atoms with Crippen molar-refractivity contribution in [2.24, 2.45) is 0 Å². The molecule has 0 unspecified atom stereocenters. The molecule has 29 heavy (non-hydrogen) atoms. The lowest BCUT2D eigenvalue weighted by molar-refractivity contribution is -0.116. The van der Waals surface area contributed by atoms with Crippen LogP contribution in [0.15, 0.2) is 78.9 Å². The van der Waals surface area contributed by atoms with E-state index in [0.29, 0.717) is 11.3 Å². The van der Waals surface area contributed by atoms with Crippen LogP contribution in [0.4, 0.5) is 11.4 Å². The Hall–Kier alpha value is -3.05. The summed E-state index contributed by atoms with van der Waals surface area (Å²) in [7, 11) is 0. The number of nitrogens with zero attached hydrogens (tertiary/aromatic N) is 1. The molecule has 5 heteroatoms. The van der Waals surface area contributed by atoms with Gasteiger partial charge in [-0.25, -0.2) is 0 Å². The number of thioether (sulfide) groups is 1. The van der Waals surface area contributed by atoms with Crippen LogP contribution in [0.25, 0.3) is 0 Å². The summed E-state index contributed by atoms with van der Waals surface area (Å²) in [4.78, 5) is 26.8. The molecule has 0 saturated heterocycles. The van der Waals surface area contributed by atoms with E-state index in [2.05, 4.69) is 11.4 Å². The molecule has 0 bridgehead atoms. The summed E-state index contributed by atoms with van der Waals surface area (Å²) < 4.78 is 0. The van der Waals surface area contributed by atoms with Crippen molar-refractivity contribution in [3.63, 3.8) is 0 Å². The Morgan fingerprint density at radius 3 is 2.41 bits per heavy atom. The van der Waals surface area contributed by atoms with Crippen LogP contribution < -0.4 is 10.2 Å². The van der Waals surface area contributed by atoms with Crippen molar-refractivity contribution in [3.8, 4) is 0 Å². The third-order valence-corrected chi connectivity index (χ3v) is 5.92. The Morgan fingerprint density at radius 1 is 0.897 bits per heavy atom. The zero-order chi connectivity index (χ0) is 20.1. The summed E-state index contributed by atoms with van der Waals surface area (Å²) >= 11 is 1.60. The van der Waals surface area contributed by atoms with Gasteiger partial charge in [0.15, 0.2) is 0 Å². The van der Waals surface area contributed by atoms with Crippen LogP contribution in [0.2, 0.25) is 0 Å². The van der Waals surface area contributed by atoms with Gasteiger partial charge in [-0.1, -0.05) is 48.5 Å². The van der Waals surface area contributed by atoms with Gasteiger partial charge in [-0.2, -0.15) is 0 Å². The third-order valence-electron chi connectivity index (χ3n) is 4.93. The van der Waals surface area contributed by atoms with E-state index in [1.807, 2.05) is 77.7 Å². The lowest BCUT2D eigenvalue weighted by Crippen LogP contribution is -2.30. The van der Waals surface area contributed by atoms with Gasteiger partial charge >= 0.3 is 0 Å². The summed E-state index contributed by atoms with van der Waals surface area (Å²) in [5.74, 6) is 1.21. The van der Waals surface area contributed by atoms with E-state index in [9.17, 15) is 9.59 Å². The van der Waals surface area contributed by atoms with E-state index >= 15 is 0 Å². The number of benzene rings is 3. The maximum atomic E-state index is 12.6. The number of fused-ring (bicyclic) bond motifs is 1. The molecule has 1 aliphatic heterocycles. The molecule has 1 heterocycles. The van der Waals surface area contributed by atoms with E-state index in [1.54, 1.807) is 11.8 Å². The molecule has 1 N–H and O–H groups in total. The average molecular weight is 403 g/mol. The zero-order valence-electron chi connectivity index (χ0n) is 16.0. The first-order valence-electron chi connectivity index (χ1n) is 9.62. The van der Waals surface area contributed by atoms with E-state index in [1.165, 1.54) is 5.56 Å². The molecule has 0 spiro atoms.